The number of carbonyl (C=O) groups is 1. The fourth-order valence-corrected chi connectivity index (χ4v) is 5.52. The fraction of sp³-hybridized carbons (Fsp3) is 0.174. The number of hydrogen-bond donors (Lipinski definition) is 3. The zero-order valence-corrected chi connectivity index (χ0v) is 18.2. The Hall–Kier alpha value is -2.81. The summed E-state index contributed by atoms with van der Waals surface area (Å²) in [4.78, 5) is 12.4. The van der Waals surface area contributed by atoms with Crippen molar-refractivity contribution in [2.45, 2.75) is 28.7 Å². The van der Waals surface area contributed by atoms with Gasteiger partial charge in [-0.15, -0.1) is 11.8 Å². The van der Waals surface area contributed by atoms with E-state index in [0.29, 0.717) is 30.0 Å². The molecule has 1 amide bonds. The van der Waals surface area contributed by atoms with Gasteiger partial charge in [-0.25, -0.2) is 8.42 Å². The SMILES string of the molecule is O=C1CCc2cc(S(=O)(=O)Nc3ccccc3SC[C@H](O)c3ccccc3)ccc2N1. The monoisotopic (exact) mass is 454 g/mol. The first kappa shape index (κ1) is 21.4. The van der Waals surface area contributed by atoms with Crippen molar-refractivity contribution in [3.63, 3.8) is 0 Å². The van der Waals surface area contributed by atoms with Crippen molar-refractivity contribution in [2.75, 3.05) is 15.8 Å². The van der Waals surface area contributed by atoms with Crippen LogP contribution in [0.15, 0.2) is 82.6 Å². The highest BCUT2D eigenvalue weighted by molar-refractivity contribution is 7.99. The van der Waals surface area contributed by atoms with Crippen LogP contribution in [-0.4, -0.2) is 25.2 Å². The lowest BCUT2D eigenvalue weighted by Crippen LogP contribution is -2.20. The number of thioether (sulfide) groups is 1. The molecule has 0 bridgehead atoms. The first-order valence-corrected chi connectivity index (χ1v) is 12.3. The van der Waals surface area contributed by atoms with Crippen molar-refractivity contribution < 1.29 is 18.3 Å². The van der Waals surface area contributed by atoms with Gasteiger partial charge in [0.25, 0.3) is 10.0 Å². The van der Waals surface area contributed by atoms with Gasteiger partial charge in [0.15, 0.2) is 0 Å². The summed E-state index contributed by atoms with van der Waals surface area (Å²) < 4.78 is 28.7. The molecule has 0 unspecified atom stereocenters. The third kappa shape index (κ3) is 5.10. The fourth-order valence-electron chi connectivity index (χ4n) is 3.35. The van der Waals surface area contributed by atoms with Crippen molar-refractivity contribution in [3.05, 3.63) is 83.9 Å². The first-order valence-electron chi connectivity index (χ1n) is 9.83. The van der Waals surface area contributed by atoms with E-state index in [4.69, 9.17) is 0 Å². The van der Waals surface area contributed by atoms with Crippen LogP contribution in [0.2, 0.25) is 0 Å². The number of carbonyl (C=O) groups excluding carboxylic acids is 1. The lowest BCUT2D eigenvalue weighted by atomic mass is 10.0. The van der Waals surface area contributed by atoms with Gasteiger partial charge in [0, 0.05) is 22.8 Å². The quantitative estimate of drug-likeness (QED) is 0.465. The summed E-state index contributed by atoms with van der Waals surface area (Å²) in [6.45, 7) is 0. The van der Waals surface area contributed by atoms with E-state index < -0.39 is 16.1 Å². The van der Waals surface area contributed by atoms with E-state index in [2.05, 4.69) is 10.0 Å². The number of rotatable bonds is 7. The molecule has 0 saturated carbocycles. The van der Waals surface area contributed by atoms with Crippen LogP contribution in [-0.2, 0) is 21.2 Å². The summed E-state index contributed by atoms with van der Waals surface area (Å²) >= 11 is 1.38. The summed E-state index contributed by atoms with van der Waals surface area (Å²) in [5, 5.41) is 13.2. The van der Waals surface area contributed by atoms with Gasteiger partial charge in [-0.2, -0.15) is 0 Å². The maximum absolute atomic E-state index is 13.0. The second kappa shape index (κ2) is 9.13. The van der Waals surface area contributed by atoms with E-state index in [1.165, 1.54) is 17.8 Å². The van der Waals surface area contributed by atoms with Gasteiger partial charge in [0.1, 0.15) is 0 Å². The van der Waals surface area contributed by atoms with E-state index >= 15 is 0 Å². The molecule has 3 N–H and O–H groups in total. The molecule has 0 aliphatic carbocycles. The Labute approximate surface area is 185 Å². The maximum atomic E-state index is 13.0. The molecular weight excluding hydrogens is 432 g/mol. The summed E-state index contributed by atoms with van der Waals surface area (Å²) in [5.74, 6) is 0.325. The van der Waals surface area contributed by atoms with Crippen LogP contribution >= 0.6 is 11.8 Å². The predicted molar refractivity (Wildman–Crippen MR) is 123 cm³/mol. The Morgan fingerprint density at radius 3 is 2.55 bits per heavy atom. The van der Waals surface area contributed by atoms with Crippen molar-refractivity contribution in [2.24, 2.45) is 0 Å². The molecule has 160 valence electrons. The van der Waals surface area contributed by atoms with Gasteiger partial charge in [-0.1, -0.05) is 42.5 Å². The van der Waals surface area contributed by atoms with Gasteiger partial charge in [0.2, 0.25) is 5.91 Å². The standard InChI is InChI=1S/C23H22N2O4S2/c26-21(16-6-2-1-3-7-16)15-30-22-9-5-4-8-20(22)25-31(28,29)18-11-12-19-17(14-18)10-13-23(27)24-19/h1-9,11-12,14,21,25-26H,10,13,15H2,(H,24,27)/t21-/m0/s1. The molecule has 8 heteroatoms. The molecule has 0 saturated heterocycles. The molecule has 0 radical (unpaired) electrons. The van der Waals surface area contributed by atoms with Crippen LogP contribution in [0, 0.1) is 0 Å². The van der Waals surface area contributed by atoms with Crippen LogP contribution in [0.25, 0.3) is 0 Å². The number of aliphatic hydroxyl groups excluding tert-OH is 1. The van der Waals surface area contributed by atoms with E-state index in [1.807, 2.05) is 42.5 Å². The molecule has 0 spiro atoms. The molecule has 3 aromatic rings. The third-order valence-corrected chi connectivity index (χ3v) is 7.51. The molecule has 3 aromatic carbocycles. The van der Waals surface area contributed by atoms with Crippen LogP contribution in [0.5, 0.6) is 0 Å². The Balaban J connectivity index is 1.51. The lowest BCUT2D eigenvalue weighted by molar-refractivity contribution is -0.116. The molecule has 1 atom stereocenters. The Bertz CT molecular complexity index is 1200. The molecule has 0 fully saturated rings. The number of anilines is 2. The molecule has 1 heterocycles. The second-order valence-corrected chi connectivity index (χ2v) is 9.95. The van der Waals surface area contributed by atoms with Gasteiger partial charge in [-0.3, -0.25) is 9.52 Å². The minimum atomic E-state index is -3.81. The second-order valence-electron chi connectivity index (χ2n) is 7.21. The van der Waals surface area contributed by atoms with E-state index in [9.17, 15) is 18.3 Å². The number of benzene rings is 3. The molecule has 6 nitrogen and oxygen atoms in total. The average molecular weight is 455 g/mol. The van der Waals surface area contributed by atoms with E-state index in [1.54, 1.807) is 24.3 Å². The van der Waals surface area contributed by atoms with Crippen LogP contribution < -0.4 is 10.0 Å². The normalized spacial score (nSPS) is 14.4. The Morgan fingerprint density at radius 2 is 1.74 bits per heavy atom. The number of hydrogen-bond acceptors (Lipinski definition) is 5. The topological polar surface area (TPSA) is 95.5 Å². The summed E-state index contributed by atoms with van der Waals surface area (Å²) in [7, 11) is -3.81. The molecule has 4 rings (SSSR count). The van der Waals surface area contributed by atoms with Crippen LogP contribution in [0.1, 0.15) is 23.7 Å². The van der Waals surface area contributed by atoms with E-state index in [-0.39, 0.29) is 10.8 Å². The predicted octanol–water partition coefficient (Wildman–Crippen LogP) is 4.20. The van der Waals surface area contributed by atoms with Crippen LogP contribution in [0.3, 0.4) is 0 Å². The first-order chi connectivity index (χ1) is 14.9. The highest BCUT2D eigenvalue weighted by atomic mass is 32.2. The van der Waals surface area contributed by atoms with Crippen molar-refractivity contribution in [3.8, 4) is 0 Å². The zero-order valence-electron chi connectivity index (χ0n) is 16.6. The smallest absolute Gasteiger partial charge is 0.261 e. The minimum Gasteiger partial charge on any atom is -0.388 e. The van der Waals surface area contributed by atoms with Gasteiger partial charge in [0.05, 0.1) is 16.7 Å². The third-order valence-electron chi connectivity index (χ3n) is 4.99. The molecule has 31 heavy (non-hydrogen) atoms. The number of aliphatic hydroxyl groups is 1. The molecule has 1 aliphatic rings. The molecule has 1 aliphatic heterocycles. The summed E-state index contributed by atoms with van der Waals surface area (Å²) in [6, 6.07) is 21.2. The number of fused-ring (bicyclic) bond motifs is 1. The van der Waals surface area contributed by atoms with Crippen LogP contribution in [0.4, 0.5) is 11.4 Å². The van der Waals surface area contributed by atoms with Gasteiger partial charge < -0.3 is 10.4 Å². The minimum absolute atomic E-state index is 0.0649. The van der Waals surface area contributed by atoms with E-state index in [0.717, 1.165) is 16.0 Å². The largest absolute Gasteiger partial charge is 0.388 e. The molecular formula is C23H22N2O4S2. The number of nitrogens with one attached hydrogen (secondary N) is 2. The summed E-state index contributed by atoms with van der Waals surface area (Å²) in [5.41, 5.74) is 2.73. The van der Waals surface area contributed by atoms with Crippen molar-refractivity contribution in [1.82, 2.24) is 0 Å². The van der Waals surface area contributed by atoms with Crippen molar-refractivity contribution in [1.29, 1.82) is 0 Å². The number of sulfonamides is 1. The zero-order chi connectivity index (χ0) is 21.8. The molecule has 0 aromatic heterocycles. The van der Waals surface area contributed by atoms with Gasteiger partial charge >= 0.3 is 0 Å². The number of amides is 1. The average Bonchev–Trinajstić information content (AvgIpc) is 2.78. The summed E-state index contributed by atoms with van der Waals surface area (Å²) in [6.07, 6.45) is 0.188. The van der Waals surface area contributed by atoms with Crippen molar-refractivity contribution >= 4 is 39.1 Å². The Morgan fingerprint density at radius 1 is 1.00 bits per heavy atom. The highest BCUT2D eigenvalue weighted by Crippen LogP contribution is 2.32. The highest BCUT2D eigenvalue weighted by Gasteiger charge is 2.21. The number of aryl methyl sites for hydroxylation is 1. The van der Waals surface area contributed by atoms with Gasteiger partial charge in [-0.05, 0) is 47.9 Å². The lowest BCUT2D eigenvalue weighted by Gasteiger charge is -2.18. The number of para-hydroxylation sites is 1. The maximum Gasteiger partial charge on any atom is 0.261 e. The Kier molecular flexibility index (Phi) is 6.31.